The number of aryl methyl sites for hydroxylation is 1. The van der Waals surface area contributed by atoms with E-state index in [2.05, 4.69) is 32.2 Å². The summed E-state index contributed by atoms with van der Waals surface area (Å²) in [7, 11) is 1.89. The van der Waals surface area contributed by atoms with E-state index < -0.39 is 0 Å². The lowest BCUT2D eigenvalue weighted by Crippen LogP contribution is -2.26. The molecule has 7 heteroatoms. The normalized spacial score (nSPS) is 11.5. The number of fused-ring (bicyclic) bond motifs is 1. The number of hydrogen-bond donors (Lipinski definition) is 2. The van der Waals surface area contributed by atoms with Crippen LogP contribution in [0.1, 0.15) is 26.1 Å². The minimum Gasteiger partial charge on any atom is -0.396 e. The Bertz CT molecular complexity index is 582. The summed E-state index contributed by atoms with van der Waals surface area (Å²) < 4.78 is 1.77. The van der Waals surface area contributed by atoms with Crippen molar-refractivity contribution in [2.24, 2.45) is 7.05 Å². The van der Waals surface area contributed by atoms with Crippen molar-refractivity contribution in [2.75, 3.05) is 31.6 Å². The summed E-state index contributed by atoms with van der Waals surface area (Å²) in [4.78, 5) is 11.5. The van der Waals surface area contributed by atoms with Gasteiger partial charge < -0.3 is 10.4 Å². The molecule has 2 heterocycles. The van der Waals surface area contributed by atoms with Crippen molar-refractivity contribution in [2.45, 2.75) is 26.8 Å². The molecule has 0 aliphatic carbocycles. The fourth-order valence-corrected chi connectivity index (χ4v) is 2.28. The Hall–Kier alpha value is -1.73. The van der Waals surface area contributed by atoms with Crippen molar-refractivity contribution in [1.82, 2.24) is 24.6 Å². The van der Waals surface area contributed by atoms with E-state index in [1.807, 2.05) is 14.0 Å². The summed E-state index contributed by atoms with van der Waals surface area (Å²) in [6.45, 7) is 7.59. The monoisotopic (exact) mass is 292 g/mol. The van der Waals surface area contributed by atoms with Crippen LogP contribution in [0.2, 0.25) is 0 Å². The van der Waals surface area contributed by atoms with E-state index in [1.165, 1.54) is 0 Å². The minimum absolute atomic E-state index is 0.209. The zero-order valence-corrected chi connectivity index (χ0v) is 13.0. The highest BCUT2D eigenvalue weighted by Gasteiger charge is 2.13. The molecule has 0 fully saturated rings. The van der Waals surface area contributed by atoms with Gasteiger partial charge in [0, 0.05) is 26.7 Å². The smallest absolute Gasteiger partial charge is 0.163 e. The second-order valence-electron chi connectivity index (χ2n) is 4.97. The van der Waals surface area contributed by atoms with Gasteiger partial charge in [0.2, 0.25) is 0 Å². The van der Waals surface area contributed by atoms with Crippen molar-refractivity contribution in [3.05, 3.63) is 12.0 Å². The number of rotatable bonds is 8. The highest BCUT2D eigenvalue weighted by Crippen LogP contribution is 2.19. The first-order chi connectivity index (χ1) is 10.2. The zero-order chi connectivity index (χ0) is 15.2. The van der Waals surface area contributed by atoms with Gasteiger partial charge in [-0.25, -0.2) is 9.97 Å². The Morgan fingerprint density at radius 3 is 2.81 bits per heavy atom. The Morgan fingerprint density at radius 2 is 2.14 bits per heavy atom. The van der Waals surface area contributed by atoms with E-state index in [4.69, 9.17) is 5.11 Å². The molecule has 116 valence electrons. The third-order valence-corrected chi connectivity index (χ3v) is 3.43. The zero-order valence-electron chi connectivity index (χ0n) is 13.0. The molecule has 0 aliphatic rings. The summed E-state index contributed by atoms with van der Waals surface area (Å²) in [5, 5.41) is 17.4. The Balaban J connectivity index is 2.28. The molecular weight excluding hydrogens is 268 g/mol. The number of hydrogen-bond acceptors (Lipinski definition) is 6. The maximum absolute atomic E-state index is 8.96. The van der Waals surface area contributed by atoms with Crippen molar-refractivity contribution < 1.29 is 5.11 Å². The Labute approximate surface area is 125 Å². The molecule has 0 saturated heterocycles. The highest BCUT2D eigenvalue weighted by molar-refractivity contribution is 5.86. The number of aromatic nitrogens is 4. The van der Waals surface area contributed by atoms with E-state index in [0.717, 1.165) is 48.7 Å². The molecule has 0 amide bonds. The van der Waals surface area contributed by atoms with Crippen LogP contribution in [0.5, 0.6) is 0 Å². The van der Waals surface area contributed by atoms with Crippen molar-refractivity contribution in [3.63, 3.8) is 0 Å². The molecule has 7 nitrogen and oxygen atoms in total. The van der Waals surface area contributed by atoms with Crippen LogP contribution in [0.25, 0.3) is 11.0 Å². The van der Waals surface area contributed by atoms with Crippen molar-refractivity contribution >= 4 is 16.9 Å². The number of aliphatic hydroxyl groups excluding tert-OH is 1. The van der Waals surface area contributed by atoms with Gasteiger partial charge in [-0.3, -0.25) is 9.58 Å². The Morgan fingerprint density at radius 1 is 1.33 bits per heavy atom. The molecule has 2 aromatic heterocycles. The molecule has 0 atom stereocenters. The third-order valence-electron chi connectivity index (χ3n) is 3.43. The molecular formula is C14H24N6O. The van der Waals surface area contributed by atoms with Gasteiger partial charge in [0.05, 0.1) is 18.1 Å². The van der Waals surface area contributed by atoms with Gasteiger partial charge in [0.25, 0.3) is 0 Å². The summed E-state index contributed by atoms with van der Waals surface area (Å²) in [5.74, 6) is 1.62. The first-order valence-corrected chi connectivity index (χ1v) is 7.45. The quantitative estimate of drug-likeness (QED) is 0.755. The lowest BCUT2D eigenvalue weighted by atomic mass is 10.3. The first-order valence-electron chi connectivity index (χ1n) is 7.45. The van der Waals surface area contributed by atoms with Crippen LogP contribution < -0.4 is 5.32 Å². The SMILES string of the molecule is CCNc1nc(CN(CC)CCCO)nc2c1cnn2C. The summed E-state index contributed by atoms with van der Waals surface area (Å²) >= 11 is 0. The van der Waals surface area contributed by atoms with Gasteiger partial charge in [-0.05, 0) is 19.9 Å². The second-order valence-corrected chi connectivity index (χ2v) is 4.97. The summed E-state index contributed by atoms with van der Waals surface area (Å²) in [6, 6.07) is 0. The van der Waals surface area contributed by atoms with E-state index in [1.54, 1.807) is 10.9 Å². The van der Waals surface area contributed by atoms with Crippen LogP contribution in [0.15, 0.2) is 6.20 Å². The van der Waals surface area contributed by atoms with Crippen LogP contribution in [-0.2, 0) is 13.6 Å². The summed E-state index contributed by atoms with van der Waals surface area (Å²) in [6.07, 6.45) is 2.56. The fraction of sp³-hybridized carbons (Fsp3) is 0.643. The topological polar surface area (TPSA) is 79.1 Å². The van der Waals surface area contributed by atoms with Crippen molar-refractivity contribution in [3.8, 4) is 0 Å². The van der Waals surface area contributed by atoms with Gasteiger partial charge in [-0.15, -0.1) is 0 Å². The summed E-state index contributed by atoms with van der Waals surface area (Å²) in [5.41, 5.74) is 0.842. The van der Waals surface area contributed by atoms with Crippen LogP contribution in [0.3, 0.4) is 0 Å². The van der Waals surface area contributed by atoms with Crippen molar-refractivity contribution in [1.29, 1.82) is 0 Å². The average Bonchev–Trinajstić information content (AvgIpc) is 2.86. The van der Waals surface area contributed by atoms with Gasteiger partial charge >= 0.3 is 0 Å². The number of anilines is 1. The molecule has 0 aliphatic heterocycles. The van der Waals surface area contributed by atoms with Gasteiger partial charge in [-0.2, -0.15) is 5.10 Å². The lowest BCUT2D eigenvalue weighted by molar-refractivity contribution is 0.222. The molecule has 0 unspecified atom stereocenters. The number of nitrogens with zero attached hydrogens (tertiary/aromatic N) is 5. The molecule has 0 spiro atoms. The number of aliphatic hydroxyl groups is 1. The van der Waals surface area contributed by atoms with E-state index in [-0.39, 0.29) is 6.61 Å². The van der Waals surface area contributed by atoms with Gasteiger partial charge in [0.15, 0.2) is 5.65 Å². The highest BCUT2D eigenvalue weighted by atomic mass is 16.3. The minimum atomic E-state index is 0.209. The first kappa shape index (κ1) is 15.7. The lowest BCUT2D eigenvalue weighted by Gasteiger charge is -2.19. The third kappa shape index (κ3) is 3.68. The molecule has 21 heavy (non-hydrogen) atoms. The molecule has 0 aromatic carbocycles. The average molecular weight is 292 g/mol. The standard InChI is InChI=1S/C14H24N6O/c1-4-15-13-11-9-16-19(3)14(11)18-12(17-13)10-20(5-2)7-6-8-21/h9,21H,4-8,10H2,1-3H3,(H,15,17,18). The second kappa shape index (κ2) is 7.33. The molecule has 0 bridgehead atoms. The maximum atomic E-state index is 8.96. The van der Waals surface area contributed by atoms with E-state index in [9.17, 15) is 0 Å². The molecule has 2 aromatic rings. The van der Waals surface area contributed by atoms with E-state index >= 15 is 0 Å². The maximum Gasteiger partial charge on any atom is 0.163 e. The van der Waals surface area contributed by atoms with Gasteiger partial charge in [-0.1, -0.05) is 6.92 Å². The van der Waals surface area contributed by atoms with Gasteiger partial charge in [0.1, 0.15) is 11.6 Å². The largest absolute Gasteiger partial charge is 0.396 e. The van der Waals surface area contributed by atoms with Crippen LogP contribution in [-0.4, -0.2) is 56.0 Å². The van der Waals surface area contributed by atoms with Crippen LogP contribution in [0, 0.1) is 0 Å². The van der Waals surface area contributed by atoms with Crippen LogP contribution in [0.4, 0.5) is 5.82 Å². The van der Waals surface area contributed by atoms with E-state index in [0.29, 0.717) is 6.54 Å². The predicted octanol–water partition coefficient (Wildman–Crippen LogP) is 0.999. The molecule has 2 rings (SSSR count). The Kier molecular flexibility index (Phi) is 5.46. The predicted molar refractivity (Wildman–Crippen MR) is 83.1 cm³/mol. The molecule has 0 radical (unpaired) electrons. The fourth-order valence-electron chi connectivity index (χ4n) is 2.28. The molecule has 0 saturated carbocycles. The number of nitrogens with one attached hydrogen (secondary N) is 1. The molecule has 2 N–H and O–H groups in total. The van der Waals surface area contributed by atoms with Crippen LogP contribution >= 0.6 is 0 Å².